The highest BCUT2D eigenvalue weighted by Crippen LogP contribution is 2.14. The normalized spacial score (nSPS) is 11.7. The molecular weight excluding hydrogens is 356 g/mol. The summed E-state index contributed by atoms with van der Waals surface area (Å²) in [4.78, 5) is 0. The van der Waals surface area contributed by atoms with Gasteiger partial charge in [-0.1, -0.05) is 0 Å². The Morgan fingerprint density at radius 3 is 1.50 bits per heavy atom. The lowest BCUT2D eigenvalue weighted by Crippen LogP contribution is -3.00. The summed E-state index contributed by atoms with van der Waals surface area (Å²) in [6.45, 7) is 6.42. The van der Waals surface area contributed by atoms with Gasteiger partial charge in [0.1, 0.15) is 0 Å². The Balaban J connectivity index is 0.000000810. The van der Waals surface area contributed by atoms with Gasteiger partial charge < -0.3 is 34.0 Å². The maximum Gasteiger partial charge on any atom is 0.277 e. The number of pyridine rings is 2. The Bertz CT molecular complexity index is 516. The van der Waals surface area contributed by atoms with Gasteiger partial charge in [0.25, 0.3) is 11.4 Å². The van der Waals surface area contributed by atoms with Crippen LogP contribution in [0.15, 0.2) is 36.7 Å². The van der Waals surface area contributed by atoms with E-state index in [1.54, 1.807) is 0 Å². The van der Waals surface area contributed by atoms with Crippen molar-refractivity contribution in [1.29, 1.82) is 0 Å². The van der Waals surface area contributed by atoms with Crippen molar-refractivity contribution in [3.63, 3.8) is 0 Å². The van der Waals surface area contributed by atoms with Crippen LogP contribution in [0.2, 0.25) is 0 Å². The Labute approximate surface area is 129 Å². The average Bonchev–Trinajstić information content (AvgIpc) is 2.28. The first kappa shape index (κ1) is 15.3. The number of nitrogens with zero attached hydrogens (tertiary/aromatic N) is 2. The molecule has 0 N–H and O–H groups in total. The summed E-state index contributed by atoms with van der Waals surface area (Å²) in [7, 11) is 0. The molecule has 0 fully saturated rings. The molecule has 0 radical (unpaired) electrons. The van der Waals surface area contributed by atoms with Crippen LogP contribution in [0.3, 0.4) is 0 Å². The lowest BCUT2D eigenvalue weighted by Gasteiger charge is -2.10. The average molecular weight is 372 g/mol. The Morgan fingerprint density at radius 2 is 1.11 bits per heavy atom. The summed E-state index contributed by atoms with van der Waals surface area (Å²) in [5, 5.41) is 0. The Morgan fingerprint density at radius 1 is 0.722 bits per heavy atom. The molecule has 0 saturated heterocycles. The monoisotopic (exact) mass is 370 g/mol. The standard InChI is InChI=1S/C14H16N2.2BrH/c1-11-3-5-13-14-6-4-12(2)10-16(14)8-7-15(13)9-11;;/h3-6,9-10H,7-8H2,1-2H3;2*1H/q+2;;/p-2. The second-order valence-corrected chi connectivity index (χ2v) is 4.57. The summed E-state index contributed by atoms with van der Waals surface area (Å²) in [5.41, 5.74) is 5.28. The van der Waals surface area contributed by atoms with Crippen LogP contribution in [0.5, 0.6) is 0 Å². The minimum atomic E-state index is 0. The number of halogens is 2. The van der Waals surface area contributed by atoms with Crippen LogP contribution < -0.4 is 43.1 Å². The molecule has 0 saturated carbocycles. The van der Waals surface area contributed by atoms with Crippen molar-refractivity contribution in [3.8, 4) is 11.4 Å². The molecule has 0 unspecified atom stereocenters. The molecule has 18 heavy (non-hydrogen) atoms. The van der Waals surface area contributed by atoms with E-state index in [9.17, 15) is 0 Å². The Hall–Kier alpha value is -0.740. The molecule has 0 spiro atoms. The zero-order valence-electron chi connectivity index (χ0n) is 10.5. The summed E-state index contributed by atoms with van der Waals surface area (Å²) < 4.78 is 4.69. The molecule has 0 aromatic carbocycles. The molecule has 0 bridgehead atoms. The van der Waals surface area contributed by atoms with Gasteiger partial charge in [-0.2, -0.15) is 9.13 Å². The second-order valence-electron chi connectivity index (χ2n) is 4.57. The second kappa shape index (κ2) is 5.93. The lowest BCUT2D eigenvalue weighted by molar-refractivity contribution is -0.795. The number of fused-ring (bicyclic) bond motifs is 3. The predicted octanol–water partition coefficient (Wildman–Crippen LogP) is -4.43. The fourth-order valence-corrected chi connectivity index (χ4v) is 2.38. The van der Waals surface area contributed by atoms with Crippen LogP contribution in [-0.4, -0.2) is 0 Å². The molecular formula is C14H16Br2N2. The van der Waals surface area contributed by atoms with Gasteiger partial charge in [0.05, 0.1) is 0 Å². The highest BCUT2D eigenvalue weighted by molar-refractivity contribution is 5.47. The third kappa shape index (κ3) is 2.64. The fourth-order valence-electron chi connectivity index (χ4n) is 2.38. The van der Waals surface area contributed by atoms with E-state index in [2.05, 4.69) is 59.6 Å². The third-order valence-corrected chi connectivity index (χ3v) is 3.19. The van der Waals surface area contributed by atoms with Gasteiger partial charge in [0.15, 0.2) is 12.4 Å². The van der Waals surface area contributed by atoms with Crippen molar-refractivity contribution >= 4 is 0 Å². The maximum atomic E-state index is 2.35. The van der Waals surface area contributed by atoms with E-state index < -0.39 is 0 Å². The van der Waals surface area contributed by atoms with Gasteiger partial charge in [-0.3, -0.25) is 0 Å². The van der Waals surface area contributed by atoms with E-state index in [0.717, 1.165) is 13.1 Å². The van der Waals surface area contributed by atoms with Gasteiger partial charge in [-0.05, 0) is 26.0 Å². The van der Waals surface area contributed by atoms with E-state index in [1.807, 2.05) is 0 Å². The van der Waals surface area contributed by atoms with Crippen LogP contribution in [-0.2, 0) is 13.1 Å². The highest BCUT2D eigenvalue weighted by atomic mass is 79.9. The van der Waals surface area contributed by atoms with Crippen molar-refractivity contribution in [2.24, 2.45) is 0 Å². The summed E-state index contributed by atoms with van der Waals surface area (Å²) in [6, 6.07) is 8.80. The first-order valence-corrected chi connectivity index (χ1v) is 5.74. The quantitative estimate of drug-likeness (QED) is 0.413. The molecule has 0 aliphatic carbocycles. The van der Waals surface area contributed by atoms with Gasteiger partial charge in [-0.15, -0.1) is 0 Å². The minimum absolute atomic E-state index is 0. The topological polar surface area (TPSA) is 7.76 Å². The molecule has 1 aliphatic heterocycles. The molecule has 2 aromatic heterocycles. The number of hydrogen-bond acceptors (Lipinski definition) is 0. The van der Waals surface area contributed by atoms with Gasteiger partial charge >= 0.3 is 0 Å². The molecule has 0 amide bonds. The number of hydrogen-bond donors (Lipinski definition) is 0. The maximum absolute atomic E-state index is 2.35. The fraction of sp³-hybridized carbons (Fsp3) is 0.286. The summed E-state index contributed by atoms with van der Waals surface area (Å²) >= 11 is 0. The van der Waals surface area contributed by atoms with Crippen molar-refractivity contribution in [2.45, 2.75) is 26.9 Å². The zero-order valence-corrected chi connectivity index (χ0v) is 13.7. The smallest absolute Gasteiger partial charge is 0.277 e. The molecule has 1 aliphatic rings. The van der Waals surface area contributed by atoms with E-state index >= 15 is 0 Å². The molecule has 3 heterocycles. The molecule has 96 valence electrons. The van der Waals surface area contributed by atoms with Gasteiger partial charge in [0.2, 0.25) is 13.1 Å². The van der Waals surface area contributed by atoms with Crippen LogP contribution >= 0.6 is 0 Å². The summed E-state index contributed by atoms with van der Waals surface area (Å²) in [5.74, 6) is 0. The van der Waals surface area contributed by atoms with Crippen molar-refractivity contribution in [3.05, 3.63) is 47.8 Å². The van der Waals surface area contributed by atoms with Crippen LogP contribution in [0.1, 0.15) is 11.1 Å². The summed E-state index contributed by atoms with van der Waals surface area (Å²) in [6.07, 6.45) is 4.47. The van der Waals surface area contributed by atoms with Gasteiger partial charge in [0, 0.05) is 23.3 Å². The lowest BCUT2D eigenvalue weighted by atomic mass is 10.1. The SMILES string of the molecule is Cc1ccc2[n+](c1)CC[n+]1cc(C)ccc1-2.[Br-].[Br-]. The molecule has 4 heteroatoms. The van der Waals surface area contributed by atoms with E-state index in [1.165, 1.54) is 22.5 Å². The van der Waals surface area contributed by atoms with E-state index in [0.29, 0.717) is 0 Å². The molecule has 0 atom stereocenters. The van der Waals surface area contributed by atoms with Crippen molar-refractivity contribution < 1.29 is 43.1 Å². The number of aromatic nitrogens is 2. The Kier molecular flexibility index (Phi) is 5.05. The van der Waals surface area contributed by atoms with Crippen molar-refractivity contribution in [1.82, 2.24) is 0 Å². The molecule has 3 rings (SSSR count). The largest absolute Gasteiger partial charge is 1.00 e. The molecule has 2 nitrogen and oxygen atoms in total. The predicted molar refractivity (Wildman–Crippen MR) is 61.7 cm³/mol. The first-order valence-electron chi connectivity index (χ1n) is 5.74. The zero-order chi connectivity index (χ0) is 11.1. The molecule has 2 aromatic rings. The number of aryl methyl sites for hydroxylation is 4. The number of rotatable bonds is 0. The van der Waals surface area contributed by atoms with Crippen LogP contribution in [0.25, 0.3) is 11.4 Å². The van der Waals surface area contributed by atoms with Crippen LogP contribution in [0, 0.1) is 13.8 Å². The minimum Gasteiger partial charge on any atom is -1.00 e. The highest BCUT2D eigenvalue weighted by Gasteiger charge is 2.28. The van der Waals surface area contributed by atoms with Gasteiger partial charge in [-0.25, -0.2) is 0 Å². The third-order valence-electron chi connectivity index (χ3n) is 3.19. The van der Waals surface area contributed by atoms with E-state index in [-0.39, 0.29) is 34.0 Å². The van der Waals surface area contributed by atoms with Crippen molar-refractivity contribution in [2.75, 3.05) is 0 Å². The van der Waals surface area contributed by atoms with Crippen LogP contribution in [0.4, 0.5) is 0 Å². The first-order chi connectivity index (χ1) is 7.74. The van der Waals surface area contributed by atoms with E-state index in [4.69, 9.17) is 0 Å².